The fourth-order valence-corrected chi connectivity index (χ4v) is 1.77. The summed E-state index contributed by atoms with van der Waals surface area (Å²) in [6.45, 7) is 7.25. The number of ether oxygens (including phenoxy) is 1. The number of hydrogen-bond donors (Lipinski definition) is 1. The van der Waals surface area contributed by atoms with Gasteiger partial charge >= 0.3 is 0 Å². The van der Waals surface area contributed by atoms with Crippen molar-refractivity contribution in [3.63, 3.8) is 0 Å². The predicted molar refractivity (Wildman–Crippen MR) is 67.5 cm³/mol. The third-order valence-corrected chi connectivity index (χ3v) is 2.62. The van der Waals surface area contributed by atoms with Crippen LogP contribution in [0.1, 0.15) is 38.9 Å². The molecule has 1 nitrogen and oxygen atoms in total. The molecule has 1 unspecified atom stereocenters. The van der Waals surface area contributed by atoms with E-state index in [1.54, 1.807) is 0 Å². The van der Waals surface area contributed by atoms with Crippen molar-refractivity contribution in [2.24, 2.45) is 5.92 Å². The van der Waals surface area contributed by atoms with Gasteiger partial charge in [0.25, 0.3) is 0 Å². The van der Waals surface area contributed by atoms with E-state index in [2.05, 4.69) is 38.6 Å². The third-order valence-electron chi connectivity index (χ3n) is 2.32. The van der Waals surface area contributed by atoms with Crippen molar-refractivity contribution in [2.45, 2.75) is 38.2 Å². The normalized spacial score (nSPS) is 13.1. The van der Waals surface area contributed by atoms with E-state index in [0.717, 1.165) is 17.9 Å². The molecule has 1 aromatic carbocycles. The van der Waals surface area contributed by atoms with Crippen molar-refractivity contribution in [1.82, 2.24) is 0 Å². The summed E-state index contributed by atoms with van der Waals surface area (Å²) in [5.74, 6) is 0.650. The Labute approximate surface area is 98.3 Å². The summed E-state index contributed by atoms with van der Waals surface area (Å²) in [7, 11) is 0. The Hall–Kier alpha value is -0.470. The molecule has 1 rings (SSSR count). The van der Waals surface area contributed by atoms with E-state index in [1.165, 1.54) is 5.56 Å². The second kappa shape index (κ2) is 6.19. The van der Waals surface area contributed by atoms with Gasteiger partial charge in [-0.25, -0.2) is 0 Å². The zero-order valence-corrected chi connectivity index (χ0v) is 10.6. The first kappa shape index (κ1) is 12.6. The summed E-state index contributed by atoms with van der Waals surface area (Å²) in [6, 6.07) is 8.24. The van der Waals surface area contributed by atoms with Crippen LogP contribution in [0.25, 0.3) is 0 Å². The van der Waals surface area contributed by atoms with Gasteiger partial charge in [-0.15, -0.1) is 12.6 Å². The molecule has 2 heteroatoms. The number of hydrogen-bond acceptors (Lipinski definition) is 2. The molecule has 0 spiro atoms. The minimum absolute atomic E-state index is 0.226. The van der Waals surface area contributed by atoms with Crippen LogP contribution < -0.4 is 0 Å². The van der Waals surface area contributed by atoms with E-state index in [0.29, 0.717) is 5.92 Å². The summed E-state index contributed by atoms with van der Waals surface area (Å²) in [5, 5.41) is 0. The van der Waals surface area contributed by atoms with Crippen molar-refractivity contribution >= 4 is 12.6 Å². The van der Waals surface area contributed by atoms with Crippen LogP contribution in [0.4, 0.5) is 0 Å². The van der Waals surface area contributed by atoms with Crippen molar-refractivity contribution < 1.29 is 4.74 Å². The highest BCUT2D eigenvalue weighted by Crippen LogP contribution is 2.25. The van der Waals surface area contributed by atoms with E-state index >= 15 is 0 Å². The second-order valence-electron chi connectivity index (χ2n) is 4.17. The average Bonchev–Trinajstić information content (AvgIpc) is 2.17. The Morgan fingerprint density at radius 1 is 1.20 bits per heavy atom. The van der Waals surface area contributed by atoms with Gasteiger partial charge in [-0.1, -0.05) is 26.0 Å². The molecule has 0 bridgehead atoms. The molecule has 15 heavy (non-hydrogen) atoms. The van der Waals surface area contributed by atoms with E-state index in [1.807, 2.05) is 19.1 Å². The molecule has 0 aromatic heterocycles. The van der Waals surface area contributed by atoms with Crippen LogP contribution in [0.3, 0.4) is 0 Å². The SMILES string of the molecule is CCOC(CC(C)C)c1ccc(S)cc1. The van der Waals surface area contributed by atoms with Gasteiger partial charge in [0, 0.05) is 11.5 Å². The molecule has 0 saturated carbocycles. The van der Waals surface area contributed by atoms with Crippen LogP contribution in [0, 0.1) is 5.92 Å². The molecule has 84 valence electrons. The van der Waals surface area contributed by atoms with Gasteiger partial charge in [-0.05, 0) is 37.0 Å². The Morgan fingerprint density at radius 2 is 1.80 bits per heavy atom. The van der Waals surface area contributed by atoms with Crippen LogP contribution in [-0.2, 0) is 4.74 Å². The Morgan fingerprint density at radius 3 is 2.27 bits per heavy atom. The summed E-state index contributed by atoms with van der Waals surface area (Å²) in [4.78, 5) is 0.999. The molecule has 0 amide bonds. The summed E-state index contributed by atoms with van der Waals surface area (Å²) in [6.07, 6.45) is 1.30. The molecule has 0 aliphatic rings. The minimum Gasteiger partial charge on any atom is -0.374 e. The van der Waals surface area contributed by atoms with E-state index < -0.39 is 0 Å². The van der Waals surface area contributed by atoms with E-state index in [4.69, 9.17) is 4.74 Å². The van der Waals surface area contributed by atoms with Crippen LogP contribution in [-0.4, -0.2) is 6.61 Å². The standard InChI is InChI=1S/C13H20OS/c1-4-14-13(9-10(2)3)11-5-7-12(15)8-6-11/h5-8,10,13,15H,4,9H2,1-3H3. The zero-order valence-electron chi connectivity index (χ0n) is 9.73. The van der Waals surface area contributed by atoms with Gasteiger partial charge in [0.15, 0.2) is 0 Å². The van der Waals surface area contributed by atoms with Gasteiger partial charge in [-0.3, -0.25) is 0 Å². The highest BCUT2D eigenvalue weighted by atomic mass is 32.1. The Bertz CT molecular complexity index is 279. The summed E-state index contributed by atoms with van der Waals surface area (Å²) in [5.41, 5.74) is 1.25. The van der Waals surface area contributed by atoms with Crippen LogP contribution >= 0.6 is 12.6 Å². The highest BCUT2D eigenvalue weighted by Gasteiger charge is 2.12. The Balaban J connectivity index is 2.74. The molecular weight excluding hydrogens is 204 g/mol. The van der Waals surface area contributed by atoms with Crippen molar-refractivity contribution in [2.75, 3.05) is 6.61 Å². The molecule has 1 aromatic rings. The summed E-state index contributed by atoms with van der Waals surface area (Å²) >= 11 is 4.28. The molecule has 0 heterocycles. The van der Waals surface area contributed by atoms with Crippen LogP contribution in [0.2, 0.25) is 0 Å². The first-order valence-corrected chi connectivity index (χ1v) is 5.98. The molecule has 0 aliphatic carbocycles. The summed E-state index contributed by atoms with van der Waals surface area (Å²) < 4.78 is 5.75. The molecule has 0 aliphatic heterocycles. The smallest absolute Gasteiger partial charge is 0.0827 e. The van der Waals surface area contributed by atoms with E-state index in [-0.39, 0.29) is 6.10 Å². The van der Waals surface area contributed by atoms with Gasteiger partial charge < -0.3 is 4.74 Å². The fourth-order valence-electron chi connectivity index (χ4n) is 1.62. The lowest BCUT2D eigenvalue weighted by molar-refractivity contribution is 0.0472. The van der Waals surface area contributed by atoms with Crippen molar-refractivity contribution in [3.05, 3.63) is 29.8 Å². The fraction of sp³-hybridized carbons (Fsp3) is 0.538. The minimum atomic E-state index is 0.226. The topological polar surface area (TPSA) is 9.23 Å². The second-order valence-corrected chi connectivity index (χ2v) is 4.68. The van der Waals surface area contributed by atoms with Gasteiger partial charge in [0.05, 0.1) is 6.10 Å². The molecule has 0 radical (unpaired) electrons. The number of benzene rings is 1. The van der Waals surface area contributed by atoms with Gasteiger partial charge in [0.1, 0.15) is 0 Å². The predicted octanol–water partition coefficient (Wildman–Crippen LogP) is 4.10. The van der Waals surface area contributed by atoms with Crippen molar-refractivity contribution in [1.29, 1.82) is 0 Å². The molecule has 0 saturated heterocycles. The number of rotatable bonds is 5. The maximum atomic E-state index is 5.75. The van der Waals surface area contributed by atoms with Gasteiger partial charge in [-0.2, -0.15) is 0 Å². The van der Waals surface area contributed by atoms with Crippen LogP contribution in [0.15, 0.2) is 29.2 Å². The molecule has 1 atom stereocenters. The van der Waals surface area contributed by atoms with Crippen LogP contribution in [0.5, 0.6) is 0 Å². The average molecular weight is 224 g/mol. The first-order chi connectivity index (χ1) is 7.13. The lowest BCUT2D eigenvalue weighted by Gasteiger charge is -2.19. The largest absolute Gasteiger partial charge is 0.374 e. The molecule has 0 N–H and O–H groups in total. The third kappa shape index (κ3) is 4.27. The highest BCUT2D eigenvalue weighted by molar-refractivity contribution is 7.80. The maximum Gasteiger partial charge on any atom is 0.0827 e. The maximum absolute atomic E-state index is 5.75. The first-order valence-electron chi connectivity index (χ1n) is 5.54. The zero-order chi connectivity index (χ0) is 11.3. The van der Waals surface area contributed by atoms with Gasteiger partial charge in [0.2, 0.25) is 0 Å². The van der Waals surface area contributed by atoms with E-state index in [9.17, 15) is 0 Å². The molecule has 0 fully saturated rings. The molecular formula is C13H20OS. The monoisotopic (exact) mass is 224 g/mol. The Kier molecular flexibility index (Phi) is 5.20. The quantitative estimate of drug-likeness (QED) is 0.741. The number of thiol groups is 1. The van der Waals surface area contributed by atoms with Crippen molar-refractivity contribution in [3.8, 4) is 0 Å². The lowest BCUT2D eigenvalue weighted by atomic mass is 9.99. The lowest BCUT2D eigenvalue weighted by Crippen LogP contribution is -2.07.